The number of anilines is 1. The van der Waals surface area contributed by atoms with Gasteiger partial charge in [-0.2, -0.15) is 0 Å². The molecular weight excluding hydrogens is 388 g/mol. The Morgan fingerprint density at radius 1 is 1.19 bits per heavy atom. The van der Waals surface area contributed by atoms with Crippen LogP contribution in [0.25, 0.3) is 0 Å². The van der Waals surface area contributed by atoms with Crippen LogP contribution in [0.3, 0.4) is 0 Å². The number of ether oxygens (including phenoxy) is 1. The van der Waals surface area contributed by atoms with Gasteiger partial charge in [0, 0.05) is 29.9 Å². The lowest BCUT2D eigenvalue weighted by molar-refractivity contribution is 0.402. The lowest BCUT2D eigenvalue weighted by atomic mass is 10.1. The van der Waals surface area contributed by atoms with E-state index in [9.17, 15) is 8.42 Å². The molecule has 0 unspecified atom stereocenters. The highest BCUT2D eigenvalue weighted by molar-refractivity contribution is 7.89. The first-order chi connectivity index (χ1) is 12.9. The Morgan fingerprint density at radius 2 is 1.93 bits per heavy atom. The highest BCUT2D eigenvalue weighted by atomic mass is 35.5. The summed E-state index contributed by atoms with van der Waals surface area (Å²) in [6, 6.07) is 6.39. The van der Waals surface area contributed by atoms with E-state index in [4.69, 9.17) is 16.3 Å². The van der Waals surface area contributed by atoms with Gasteiger partial charge in [-0.3, -0.25) is 0 Å². The van der Waals surface area contributed by atoms with Gasteiger partial charge >= 0.3 is 0 Å². The third kappa shape index (κ3) is 4.88. The van der Waals surface area contributed by atoms with Crippen LogP contribution < -0.4 is 14.4 Å². The Bertz CT molecular complexity index is 915. The van der Waals surface area contributed by atoms with Gasteiger partial charge in [-0.1, -0.05) is 11.6 Å². The molecule has 27 heavy (non-hydrogen) atoms. The van der Waals surface area contributed by atoms with Gasteiger partial charge in [-0.05, 0) is 44.4 Å². The summed E-state index contributed by atoms with van der Waals surface area (Å²) in [5, 5.41) is 0.315. The molecule has 1 aromatic carbocycles. The second kappa shape index (κ2) is 8.41. The standard InChI is InChI=1S/C18H23ClN4O3S/c1-13-10-18(23-8-4-3-5-9-23)22-17(21-13)12-20-27(24,25)16-11-14(19)6-7-15(16)26-2/h6-7,10-11,20H,3-5,8-9,12H2,1-2H3. The summed E-state index contributed by atoms with van der Waals surface area (Å²) in [5.41, 5.74) is 0.806. The van der Waals surface area contributed by atoms with Crippen LogP contribution in [0, 0.1) is 6.92 Å². The molecule has 0 aliphatic carbocycles. The quantitative estimate of drug-likeness (QED) is 0.788. The van der Waals surface area contributed by atoms with E-state index in [0.717, 1.165) is 37.4 Å². The first-order valence-corrected chi connectivity index (χ1v) is 10.7. The molecule has 1 saturated heterocycles. The van der Waals surface area contributed by atoms with E-state index in [1.165, 1.54) is 25.7 Å². The average Bonchev–Trinajstić information content (AvgIpc) is 2.67. The predicted octanol–water partition coefficient (Wildman–Crippen LogP) is 2.92. The second-order valence-electron chi connectivity index (χ2n) is 6.45. The number of halogens is 1. The molecule has 0 spiro atoms. The molecule has 3 rings (SSSR count). The van der Waals surface area contributed by atoms with Gasteiger partial charge < -0.3 is 9.64 Å². The summed E-state index contributed by atoms with van der Waals surface area (Å²) >= 11 is 5.95. The number of rotatable bonds is 6. The van der Waals surface area contributed by atoms with Crippen LogP contribution in [0.5, 0.6) is 5.75 Å². The smallest absolute Gasteiger partial charge is 0.244 e. The number of aryl methyl sites for hydroxylation is 1. The van der Waals surface area contributed by atoms with Gasteiger partial charge in [0.1, 0.15) is 22.3 Å². The number of methoxy groups -OCH3 is 1. The van der Waals surface area contributed by atoms with Crippen LogP contribution >= 0.6 is 11.6 Å². The number of benzene rings is 1. The van der Waals surface area contributed by atoms with Gasteiger partial charge in [0.2, 0.25) is 10.0 Å². The molecule has 146 valence electrons. The van der Waals surface area contributed by atoms with Gasteiger partial charge in [0.05, 0.1) is 13.7 Å². The van der Waals surface area contributed by atoms with Crippen molar-refractivity contribution in [3.8, 4) is 5.75 Å². The van der Waals surface area contributed by atoms with E-state index in [-0.39, 0.29) is 17.2 Å². The Balaban J connectivity index is 1.80. The molecule has 0 atom stereocenters. The van der Waals surface area contributed by atoms with Crippen LogP contribution in [-0.4, -0.2) is 38.6 Å². The maximum atomic E-state index is 12.7. The van der Waals surface area contributed by atoms with Crippen LogP contribution in [0.4, 0.5) is 5.82 Å². The molecule has 7 nitrogen and oxygen atoms in total. The summed E-state index contributed by atoms with van der Waals surface area (Å²) in [4.78, 5) is 11.1. The number of piperidine rings is 1. The molecular formula is C18H23ClN4O3S. The second-order valence-corrected chi connectivity index (χ2v) is 8.62. The third-order valence-electron chi connectivity index (χ3n) is 4.40. The topological polar surface area (TPSA) is 84.4 Å². The fourth-order valence-electron chi connectivity index (χ4n) is 3.07. The van der Waals surface area contributed by atoms with E-state index < -0.39 is 10.0 Å². The average molecular weight is 411 g/mol. The Kier molecular flexibility index (Phi) is 6.18. The fraction of sp³-hybridized carbons (Fsp3) is 0.444. The highest BCUT2D eigenvalue weighted by Gasteiger charge is 2.21. The minimum Gasteiger partial charge on any atom is -0.495 e. The molecule has 1 aliphatic rings. The molecule has 0 radical (unpaired) electrons. The summed E-state index contributed by atoms with van der Waals surface area (Å²) < 4.78 is 33.1. The normalized spacial score (nSPS) is 15.0. The zero-order valence-corrected chi connectivity index (χ0v) is 17.0. The first kappa shape index (κ1) is 19.9. The Labute approximate surface area is 164 Å². The van der Waals surface area contributed by atoms with Crippen molar-refractivity contribution in [2.75, 3.05) is 25.1 Å². The molecule has 0 bridgehead atoms. The van der Waals surface area contributed by atoms with Crippen LogP contribution in [0.2, 0.25) is 5.02 Å². The minimum absolute atomic E-state index is 0.0126. The van der Waals surface area contributed by atoms with Gasteiger partial charge in [0.25, 0.3) is 0 Å². The van der Waals surface area contributed by atoms with Crippen molar-refractivity contribution in [2.24, 2.45) is 0 Å². The van der Waals surface area contributed by atoms with Crippen molar-refractivity contribution in [1.29, 1.82) is 0 Å². The zero-order chi connectivity index (χ0) is 19.4. The van der Waals surface area contributed by atoms with E-state index in [0.29, 0.717) is 10.8 Å². The number of sulfonamides is 1. The molecule has 0 saturated carbocycles. The fourth-order valence-corrected chi connectivity index (χ4v) is 4.48. The van der Waals surface area contributed by atoms with Crippen molar-refractivity contribution < 1.29 is 13.2 Å². The van der Waals surface area contributed by atoms with Gasteiger partial charge in [0.15, 0.2) is 0 Å². The highest BCUT2D eigenvalue weighted by Crippen LogP contribution is 2.27. The van der Waals surface area contributed by atoms with E-state index >= 15 is 0 Å². The number of hydrogen-bond acceptors (Lipinski definition) is 6. The zero-order valence-electron chi connectivity index (χ0n) is 15.4. The molecule has 1 N–H and O–H groups in total. The first-order valence-electron chi connectivity index (χ1n) is 8.82. The molecule has 1 aromatic heterocycles. The van der Waals surface area contributed by atoms with Crippen molar-refractivity contribution in [3.05, 3.63) is 40.8 Å². The summed E-state index contributed by atoms with van der Waals surface area (Å²) in [7, 11) is -2.41. The molecule has 1 fully saturated rings. The largest absolute Gasteiger partial charge is 0.495 e. The Morgan fingerprint density at radius 3 is 2.63 bits per heavy atom. The lowest BCUT2D eigenvalue weighted by Crippen LogP contribution is -2.31. The number of hydrogen-bond donors (Lipinski definition) is 1. The number of aromatic nitrogens is 2. The van der Waals surface area contributed by atoms with Crippen molar-refractivity contribution >= 4 is 27.4 Å². The molecule has 2 heterocycles. The third-order valence-corrected chi connectivity index (χ3v) is 6.06. The van der Waals surface area contributed by atoms with E-state index in [1.807, 2.05) is 13.0 Å². The predicted molar refractivity (Wildman–Crippen MR) is 105 cm³/mol. The van der Waals surface area contributed by atoms with Crippen molar-refractivity contribution in [3.63, 3.8) is 0 Å². The van der Waals surface area contributed by atoms with Crippen molar-refractivity contribution in [1.82, 2.24) is 14.7 Å². The van der Waals surface area contributed by atoms with E-state index in [2.05, 4.69) is 19.6 Å². The number of nitrogens with one attached hydrogen (secondary N) is 1. The molecule has 1 aliphatic heterocycles. The maximum Gasteiger partial charge on any atom is 0.244 e. The van der Waals surface area contributed by atoms with Crippen LogP contribution in [0.1, 0.15) is 30.8 Å². The van der Waals surface area contributed by atoms with Gasteiger partial charge in [-0.25, -0.2) is 23.1 Å². The van der Waals surface area contributed by atoms with Crippen LogP contribution in [0.15, 0.2) is 29.2 Å². The number of nitrogens with zero attached hydrogens (tertiary/aromatic N) is 3. The molecule has 0 amide bonds. The summed E-state index contributed by atoms with van der Waals surface area (Å²) in [6.45, 7) is 3.79. The van der Waals surface area contributed by atoms with Crippen molar-refractivity contribution in [2.45, 2.75) is 37.6 Å². The Hall–Kier alpha value is -1.90. The summed E-state index contributed by atoms with van der Waals surface area (Å²) in [5.74, 6) is 1.50. The molecule has 2 aromatic rings. The lowest BCUT2D eigenvalue weighted by Gasteiger charge is -2.28. The van der Waals surface area contributed by atoms with Crippen LogP contribution in [-0.2, 0) is 16.6 Å². The monoisotopic (exact) mass is 410 g/mol. The SMILES string of the molecule is COc1ccc(Cl)cc1S(=O)(=O)NCc1nc(C)cc(N2CCCCC2)n1. The van der Waals surface area contributed by atoms with Gasteiger partial charge in [-0.15, -0.1) is 0 Å². The van der Waals surface area contributed by atoms with E-state index in [1.54, 1.807) is 6.07 Å². The minimum atomic E-state index is -3.83. The molecule has 9 heteroatoms. The maximum absolute atomic E-state index is 12.7. The summed E-state index contributed by atoms with van der Waals surface area (Å²) in [6.07, 6.45) is 3.51.